The summed E-state index contributed by atoms with van der Waals surface area (Å²) in [5.41, 5.74) is -0.0561. The Kier molecular flexibility index (Phi) is 28.3. The maximum absolute atomic E-state index is 14.9. The molecule has 0 radical (unpaired) electrons. The first-order chi connectivity index (χ1) is 26.3. The molecule has 3 fully saturated rings. The molecule has 2 bridgehead atoms. The van der Waals surface area contributed by atoms with Crippen molar-refractivity contribution in [3.63, 3.8) is 0 Å². The average Bonchev–Trinajstić information content (AvgIpc) is 3.40. The summed E-state index contributed by atoms with van der Waals surface area (Å²) in [6.45, 7) is 3.21. The Morgan fingerprint density at radius 1 is 0.772 bits per heavy atom. The molecule has 37 heteroatoms. The van der Waals surface area contributed by atoms with Crippen LogP contribution in [0.5, 0.6) is 0 Å². The Labute approximate surface area is 394 Å². The molecule has 27 atom stereocenters. The number of Topliss-reactive ketones (excluding diaryl/α,β-unsaturated/α-hetero) is 1. The van der Waals surface area contributed by atoms with Crippen molar-refractivity contribution in [3.8, 4) is 0 Å². The first-order valence-corrected chi connectivity index (χ1v) is 68.7. The van der Waals surface area contributed by atoms with Crippen molar-refractivity contribution in [2.75, 3.05) is 0 Å². The van der Waals surface area contributed by atoms with E-state index in [1.807, 2.05) is 0 Å². The topological polar surface area (TPSA) is 88.1 Å². The molecular formula is C20H56O7P30. The third kappa shape index (κ3) is 13.7. The highest BCUT2D eigenvalue weighted by Crippen LogP contribution is 3.19. The molecule has 1 spiro atoms. The van der Waals surface area contributed by atoms with Crippen molar-refractivity contribution in [2.24, 2.45) is 16.7 Å². The Hall–Kier alpha value is 11.2. The Morgan fingerprint density at radius 2 is 1.33 bits per heavy atom. The zero-order chi connectivity index (χ0) is 43.3. The Bertz CT molecular complexity index is 1470. The number of carbonyl (C=O) groups excluding carboxylic acids is 2. The number of carbonyl (C=O) groups is 2. The zero-order valence-electron chi connectivity index (χ0n) is 31.5. The van der Waals surface area contributed by atoms with Gasteiger partial charge in [0, 0.05) is 36.3 Å². The van der Waals surface area contributed by atoms with Gasteiger partial charge in [0.25, 0.3) is 0 Å². The van der Waals surface area contributed by atoms with Crippen molar-refractivity contribution in [2.45, 2.75) is 83.0 Å². The van der Waals surface area contributed by atoms with E-state index >= 15 is 0 Å². The lowest BCUT2D eigenvalue weighted by Gasteiger charge is -2.61. The second-order valence-corrected chi connectivity index (χ2v) is 121. The van der Waals surface area contributed by atoms with Gasteiger partial charge < -0.3 is 18.5 Å². The summed E-state index contributed by atoms with van der Waals surface area (Å²) in [7, 11) is 44.4. The molecule has 1 heterocycles. The standard InChI is InChI=1S/C20H56O7P30/c1-9-12(45(55(43-23)51(35)36)57(53(39)40)54(41)42)8-20-16(24-17(22)25-20)15-10(21)5-6-13(27-46(48(29)30)49(31)32)19(15,4)7-11(14(9)18(20,2)3)26-47(50(33)34)56(44-28)52(37)38/h11-13,15-16,44H,5-8,28-42H2,1-4H3/t11?,12?,13?,15?,16?,19-,20?,45?,47?,55?,56?/m1/s1. The van der Waals surface area contributed by atoms with Crippen LogP contribution in [-0.4, -0.2) is 41.5 Å². The summed E-state index contributed by atoms with van der Waals surface area (Å²) in [6, 6.07) is 0. The van der Waals surface area contributed by atoms with Crippen LogP contribution in [0.15, 0.2) is 11.1 Å². The number of hydrogen-bond acceptors (Lipinski definition) is 7. The largest absolute Gasteiger partial charge is 0.509 e. The fraction of sp³-hybridized carbons (Fsp3) is 0.800. The lowest BCUT2D eigenvalue weighted by atomic mass is 9.49. The summed E-state index contributed by atoms with van der Waals surface area (Å²) in [5.74, 6) is -0.512. The Balaban J connectivity index is 2.16. The van der Waals surface area contributed by atoms with Crippen molar-refractivity contribution in [1.29, 1.82) is 0 Å². The van der Waals surface area contributed by atoms with E-state index in [1.165, 1.54) is 11.1 Å². The maximum atomic E-state index is 14.9. The fourth-order valence-corrected chi connectivity index (χ4v) is 216. The predicted octanol–water partition coefficient (Wildman–Crippen LogP) is 20.4. The van der Waals surface area contributed by atoms with Crippen LogP contribution in [0.2, 0.25) is 0 Å². The third-order valence-corrected chi connectivity index (χ3v) is 153. The van der Waals surface area contributed by atoms with E-state index in [0.29, 0.717) is 33.6 Å². The zero-order valence-corrected chi connectivity index (χ0v) is 62.3. The normalized spacial score (nSPS) is 32.9. The molecule has 57 heavy (non-hydrogen) atoms. The SMILES string of the molecule is CC1=C2C(OP(P(P)P)P(PP)P(P)P)C[C@]3(C)C(OP(P(P)P)P(P)P)CCC(=O)C3C3OC(=O)OC3(CC1P(P(P=O)P(P)P)P(P(P)P)P(P)P)C2(C)C. The van der Waals surface area contributed by atoms with Crippen molar-refractivity contribution in [3.05, 3.63) is 11.1 Å². The number of rotatable bonds is 17. The summed E-state index contributed by atoms with van der Waals surface area (Å²) in [4.78, 5) is 28.9. The molecule has 1 saturated heterocycles. The van der Waals surface area contributed by atoms with Gasteiger partial charge in [0.2, 0.25) is 0 Å². The van der Waals surface area contributed by atoms with Gasteiger partial charge in [0.15, 0.2) is 19.9 Å². The van der Waals surface area contributed by atoms with Crippen molar-refractivity contribution >= 4 is 254 Å². The Morgan fingerprint density at radius 3 is 1.79 bits per heavy atom. The van der Waals surface area contributed by atoms with Gasteiger partial charge in [-0.25, -0.2) is 4.79 Å². The fourth-order valence-electron chi connectivity index (χ4n) is 8.47. The number of ether oxygens (including phenoxy) is 2. The van der Waals surface area contributed by atoms with Crippen LogP contribution in [0.1, 0.15) is 53.4 Å². The lowest BCUT2D eigenvalue weighted by Crippen LogP contribution is -2.67. The molecule has 4 rings (SSSR count). The van der Waals surface area contributed by atoms with Crippen molar-refractivity contribution in [1.82, 2.24) is 0 Å². The highest BCUT2D eigenvalue weighted by Gasteiger charge is 2.73. The van der Waals surface area contributed by atoms with Gasteiger partial charge in [-0.05, 0) is 88.5 Å². The van der Waals surface area contributed by atoms with E-state index in [4.69, 9.17) is 18.5 Å². The molecule has 0 aromatic rings. The molecule has 7 nitrogen and oxygen atoms in total. The highest BCUT2D eigenvalue weighted by atomic mass is 33.2. The number of ketones is 1. The van der Waals surface area contributed by atoms with Gasteiger partial charge in [0.05, 0.1) is 40.2 Å². The first-order valence-electron chi connectivity index (χ1n) is 16.5. The first kappa shape index (κ1) is 60.7. The molecule has 0 N–H and O–H groups in total. The summed E-state index contributed by atoms with van der Waals surface area (Å²) < 4.78 is 42.0. The van der Waals surface area contributed by atoms with Crippen LogP contribution in [0.4, 0.5) is 4.79 Å². The van der Waals surface area contributed by atoms with Gasteiger partial charge in [0.1, 0.15) is 5.78 Å². The molecule has 328 valence electrons. The third-order valence-electron chi connectivity index (χ3n) is 10.7. The highest BCUT2D eigenvalue weighted by molar-refractivity contribution is 9.20. The van der Waals surface area contributed by atoms with E-state index in [-0.39, 0.29) is 31.8 Å². The predicted molar refractivity (Wildman–Crippen MR) is 341 cm³/mol. The van der Waals surface area contributed by atoms with Crippen LogP contribution < -0.4 is 0 Å². The smallest absolute Gasteiger partial charge is 0.426 e. The van der Waals surface area contributed by atoms with E-state index < -0.39 is 127 Å². The van der Waals surface area contributed by atoms with Gasteiger partial charge in [-0.2, -0.15) is 0 Å². The minimum atomic E-state index is -1.14. The monoisotopic (exact) mass is 1340 g/mol. The molecule has 0 amide bonds. The van der Waals surface area contributed by atoms with Gasteiger partial charge in [-0.15, -0.1) is 134 Å². The van der Waals surface area contributed by atoms with Crippen LogP contribution in [0.3, 0.4) is 0 Å². The number of allylic oxidation sites excluding steroid dienone is 1. The van der Waals surface area contributed by atoms with Gasteiger partial charge >= 0.3 is 6.16 Å². The van der Waals surface area contributed by atoms with Crippen LogP contribution in [0.25, 0.3) is 0 Å². The number of hydrogen-bond donors (Lipinski definition) is 0. The molecular weight excluding hydrogens is 1280 g/mol. The second-order valence-electron chi connectivity index (χ2n) is 14.1. The maximum Gasteiger partial charge on any atom is 0.509 e. The number of fused-ring (bicyclic) bond motifs is 3. The van der Waals surface area contributed by atoms with Crippen molar-refractivity contribution < 1.29 is 32.7 Å². The van der Waals surface area contributed by atoms with Gasteiger partial charge in [-0.1, -0.05) is 34.3 Å². The molecule has 26 unspecified atom stereocenters. The van der Waals surface area contributed by atoms with E-state index in [9.17, 15) is 14.2 Å². The van der Waals surface area contributed by atoms with E-state index in [2.05, 4.69) is 162 Å². The molecule has 0 aromatic carbocycles. The van der Waals surface area contributed by atoms with E-state index in [1.54, 1.807) is 0 Å². The molecule has 4 aliphatic rings. The van der Waals surface area contributed by atoms with Crippen LogP contribution in [-0.2, 0) is 27.9 Å². The minimum Gasteiger partial charge on any atom is -0.426 e. The molecule has 0 aromatic heterocycles. The van der Waals surface area contributed by atoms with Gasteiger partial charge in [-0.3, -0.25) is 9.36 Å². The second kappa shape index (κ2) is 26.6. The summed E-state index contributed by atoms with van der Waals surface area (Å²) in [5, 5.41) is 0. The molecule has 3 aliphatic carbocycles. The summed E-state index contributed by atoms with van der Waals surface area (Å²) in [6.07, 6.45) is 0.0294. The van der Waals surface area contributed by atoms with Crippen LogP contribution in [0, 0.1) is 16.7 Å². The molecule has 1 aliphatic heterocycles. The summed E-state index contributed by atoms with van der Waals surface area (Å²) >= 11 is 0. The average molecular weight is 1340 g/mol. The molecule has 2 saturated carbocycles. The van der Waals surface area contributed by atoms with Crippen LogP contribution >= 0.6 is 242 Å². The minimum absolute atomic E-state index is 0.0112. The quantitative estimate of drug-likeness (QED) is 0.0814. The van der Waals surface area contributed by atoms with E-state index in [0.717, 1.165) is 0 Å². The lowest BCUT2D eigenvalue weighted by molar-refractivity contribution is -0.170.